The van der Waals surface area contributed by atoms with Gasteiger partial charge in [-0.05, 0) is 55.3 Å². The zero-order chi connectivity index (χ0) is 23.2. The minimum atomic E-state index is -3.34. The summed E-state index contributed by atoms with van der Waals surface area (Å²) >= 11 is 12.0. The number of halogens is 2. The maximum Gasteiger partial charge on any atom is 0.271 e. The molecule has 1 fully saturated rings. The van der Waals surface area contributed by atoms with Crippen LogP contribution in [0.15, 0.2) is 51.5 Å². The van der Waals surface area contributed by atoms with Crippen molar-refractivity contribution in [2.75, 3.05) is 11.5 Å². The Hall–Kier alpha value is -2.86. The van der Waals surface area contributed by atoms with Crippen LogP contribution in [0.4, 0.5) is 0 Å². The van der Waals surface area contributed by atoms with Gasteiger partial charge >= 0.3 is 0 Å². The van der Waals surface area contributed by atoms with Gasteiger partial charge < -0.3 is 4.42 Å². The van der Waals surface area contributed by atoms with Crippen LogP contribution in [-0.4, -0.2) is 42.7 Å². The molecule has 7 nitrogen and oxygen atoms in total. The van der Waals surface area contributed by atoms with Gasteiger partial charge in [0.05, 0.1) is 27.6 Å². The Morgan fingerprint density at radius 2 is 1.91 bits per heavy atom. The molecule has 1 unspecified atom stereocenters. The lowest BCUT2D eigenvalue weighted by Gasteiger charge is -2.31. The Morgan fingerprint density at radius 1 is 1.16 bits per heavy atom. The lowest BCUT2D eigenvalue weighted by Crippen LogP contribution is -2.49. The van der Waals surface area contributed by atoms with Gasteiger partial charge in [0.2, 0.25) is 0 Å². The molecular weight excluding hydrogens is 475 g/mol. The van der Waals surface area contributed by atoms with E-state index in [1.165, 1.54) is 13.0 Å². The topological polar surface area (TPSA) is 108 Å². The van der Waals surface area contributed by atoms with Crippen LogP contribution in [0.25, 0.3) is 17.4 Å². The van der Waals surface area contributed by atoms with Crippen molar-refractivity contribution in [2.24, 2.45) is 0 Å². The van der Waals surface area contributed by atoms with Gasteiger partial charge in [-0.2, -0.15) is 5.26 Å². The molecule has 2 aliphatic heterocycles. The number of sulfone groups is 1. The summed E-state index contributed by atoms with van der Waals surface area (Å²) in [6.45, 7) is 1.51. The maximum atomic E-state index is 13.2. The van der Waals surface area contributed by atoms with Crippen molar-refractivity contribution in [3.63, 3.8) is 0 Å². The number of carbonyl (C=O) groups excluding carboxylic acids is 2. The van der Waals surface area contributed by atoms with Gasteiger partial charge in [0.25, 0.3) is 11.8 Å². The lowest BCUT2D eigenvalue weighted by atomic mass is 9.93. The molecule has 2 aromatic rings. The van der Waals surface area contributed by atoms with Crippen LogP contribution < -0.4 is 0 Å². The third-order valence-electron chi connectivity index (χ3n) is 5.46. The molecule has 2 aliphatic rings. The Balaban J connectivity index is 1.73. The second-order valence-corrected chi connectivity index (χ2v) is 10.6. The summed E-state index contributed by atoms with van der Waals surface area (Å²) in [6.07, 6.45) is 1.59. The van der Waals surface area contributed by atoms with Crippen molar-refractivity contribution in [1.29, 1.82) is 5.26 Å². The summed E-state index contributed by atoms with van der Waals surface area (Å²) in [7, 11) is -3.34. The van der Waals surface area contributed by atoms with Crippen molar-refractivity contribution in [3.05, 3.63) is 62.9 Å². The van der Waals surface area contributed by atoms with Gasteiger partial charge in [-0.25, -0.2) is 8.42 Å². The fourth-order valence-electron chi connectivity index (χ4n) is 3.79. The molecule has 0 aliphatic carbocycles. The van der Waals surface area contributed by atoms with Crippen LogP contribution in [0, 0.1) is 11.3 Å². The fourth-order valence-corrected chi connectivity index (χ4v) is 5.79. The number of nitrogens with zero attached hydrogens (tertiary/aromatic N) is 2. The van der Waals surface area contributed by atoms with Crippen LogP contribution in [0.5, 0.6) is 0 Å². The van der Waals surface area contributed by atoms with Crippen molar-refractivity contribution in [2.45, 2.75) is 19.4 Å². The molecule has 0 bridgehead atoms. The molecule has 2 amide bonds. The Kier molecular flexibility index (Phi) is 5.76. The Morgan fingerprint density at radius 3 is 2.53 bits per heavy atom. The van der Waals surface area contributed by atoms with Gasteiger partial charge in [0, 0.05) is 11.1 Å². The molecule has 0 spiro atoms. The van der Waals surface area contributed by atoms with Crippen molar-refractivity contribution >= 4 is 50.9 Å². The molecule has 10 heteroatoms. The standard InChI is InChI=1S/C22H16Cl2N2O5S/c1-12-16(9-15-3-5-20(31-15)13-2-4-18(23)19(24)8-13)21(27)26(22(28)17(12)10-25)14-6-7-32(29,30)11-14/h2-5,8-9,14H,6-7,11H2,1H3. The molecule has 164 valence electrons. The summed E-state index contributed by atoms with van der Waals surface area (Å²) in [6, 6.07) is 9.38. The van der Waals surface area contributed by atoms with Gasteiger partial charge in [-0.1, -0.05) is 23.2 Å². The smallest absolute Gasteiger partial charge is 0.271 e. The summed E-state index contributed by atoms with van der Waals surface area (Å²) in [5.41, 5.74) is 0.793. The average molecular weight is 491 g/mol. The first-order valence-electron chi connectivity index (χ1n) is 9.58. The number of furan rings is 1. The number of hydrogen-bond donors (Lipinski definition) is 0. The van der Waals surface area contributed by atoms with Gasteiger partial charge in [-0.3, -0.25) is 14.5 Å². The minimum absolute atomic E-state index is 0.0977. The van der Waals surface area contributed by atoms with Crippen molar-refractivity contribution < 1.29 is 22.4 Å². The number of hydrogen-bond acceptors (Lipinski definition) is 6. The second kappa shape index (κ2) is 8.24. The van der Waals surface area contributed by atoms with Crippen LogP contribution >= 0.6 is 23.2 Å². The van der Waals surface area contributed by atoms with E-state index in [9.17, 15) is 23.3 Å². The number of imide groups is 1. The highest BCUT2D eigenvalue weighted by Gasteiger charge is 2.43. The van der Waals surface area contributed by atoms with E-state index < -0.39 is 27.7 Å². The summed E-state index contributed by atoms with van der Waals surface area (Å²) in [4.78, 5) is 26.9. The van der Waals surface area contributed by atoms with Gasteiger partial charge in [0.1, 0.15) is 23.2 Å². The highest BCUT2D eigenvalue weighted by molar-refractivity contribution is 7.91. The SMILES string of the molecule is CC1=C(C#N)C(=O)N(C2CCS(=O)(=O)C2)C(=O)C1=Cc1ccc(-c2ccc(Cl)c(Cl)c2)o1. The van der Waals surface area contributed by atoms with Crippen molar-refractivity contribution in [1.82, 2.24) is 4.90 Å². The number of benzene rings is 1. The fraction of sp³-hybridized carbons (Fsp3) is 0.227. The molecule has 1 atom stereocenters. The summed E-state index contributed by atoms with van der Waals surface area (Å²) < 4.78 is 29.6. The molecule has 0 N–H and O–H groups in total. The van der Waals surface area contributed by atoms with Crippen LogP contribution in [-0.2, 0) is 19.4 Å². The van der Waals surface area contributed by atoms with E-state index in [4.69, 9.17) is 27.6 Å². The average Bonchev–Trinajstić information content (AvgIpc) is 3.34. The zero-order valence-corrected chi connectivity index (χ0v) is 19.1. The van der Waals surface area contributed by atoms with E-state index in [2.05, 4.69) is 0 Å². The summed E-state index contributed by atoms with van der Waals surface area (Å²) in [5, 5.41) is 10.3. The monoisotopic (exact) mass is 490 g/mol. The second-order valence-electron chi connectivity index (χ2n) is 7.54. The zero-order valence-electron chi connectivity index (χ0n) is 16.8. The molecule has 3 heterocycles. The third kappa shape index (κ3) is 3.99. The van der Waals surface area contributed by atoms with Crippen LogP contribution in [0.2, 0.25) is 10.0 Å². The summed E-state index contributed by atoms with van der Waals surface area (Å²) in [5.74, 6) is -1.04. The maximum absolute atomic E-state index is 13.2. The minimum Gasteiger partial charge on any atom is -0.457 e. The van der Waals surface area contributed by atoms with E-state index in [0.717, 1.165) is 4.90 Å². The van der Waals surface area contributed by atoms with Gasteiger partial charge in [0.15, 0.2) is 9.84 Å². The first-order valence-corrected chi connectivity index (χ1v) is 12.2. The predicted octanol–water partition coefficient (Wildman–Crippen LogP) is 4.03. The van der Waals surface area contributed by atoms with E-state index in [-0.39, 0.29) is 34.6 Å². The van der Waals surface area contributed by atoms with E-state index in [0.29, 0.717) is 27.1 Å². The number of amides is 2. The van der Waals surface area contributed by atoms with E-state index in [1.54, 1.807) is 30.3 Å². The first kappa shape index (κ1) is 22.3. The predicted molar refractivity (Wildman–Crippen MR) is 119 cm³/mol. The normalized spacial score (nSPS) is 22.0. The first-order chi connectivity index (χ1) is 15.1. The van der Waals surface area contributed by atoms with Gasteiger partial charge in [-0.15, -0.1) is 0 Å². The number of rotatable bonds is 3. The lowest BCUT2D eigenvalue weighted by molar-refractivity contribution is -0.142. The molecule has 1 saturated heterocycles. The van der Waals surface area contributed by atoms with Crippen LogP contribution in [0.1, 0.15) is 19.1 Å². The van der Waals surface area contributed by atoms with Crippen LogP contribution in [0.3, 0.4) is 0 Å². The third-order valence-corrected chi connectivity index (χ3v) is 7.95. The highest BCUT2D eigenvalue weighted by atomic mass is 35.5. The molecule has 1 aromatic heterocycles. The van der Waals surface area contributed by atoms with Crippen molar-refractivity contribution in [3.8, 4) is 17.4 Å². The molecule has 32 heavy (non-hydrogen) atoms. The Labute approximate surface area is 194 Å². The highest BCUT2D eigenvalue weighted by Crippen LogP contribution is 2.33. The molecular formula is C22H16Cl2N2O5S. The largest absolute Gasteiger partial charge is 0.457 e. The number of nitriles is 1. The van der Waals surface area contributed by atoms with E-state index in [1.807, 2.05) is 6.07 Å². The molecule has 4 rings (SSSR count). The Bertz CT molecular complexity index is 1360. The molecule has 0 saturated carbocycles. The number of carbonyl (C=O) groups is 2. The molecule has 1 aromatic carbocycles. The van der Waals surface area contributed by atoms with E-state index >= 15 is 0 Å². The molecule has 0 radical (unpaired) electrons. The quantitative estimate of drug-likeness (QED) is 0.474.